The number of thiophene rings is 2. The van der Waals surface area contributed by atoms with Gasteiger partial charge in [0.05, 0.1) is 0 Å². The van der Waals surface area contributed by atoms with Gasteiger partial charge in [-0.15, -0.1) is 22.7 Å². The molecule has 2 N–H and O–H groups in total. The van der Waals surface area contributed by atoms with Gasteiger partial charge in [-0.2, -0.15) is 0 Å². The average molecular weight is 339 g/mol. The van der Waals surface area contributed by atoms with E-state index in [1.807, 2.05) is 22.2 Å². The molecule has 0 radical (unpaired) electrons. The van der Waals surface area contributed by atoms with E-state index in [1.54, 1.807) is 22.7 Å². The van der Waals surface area contributed by atoms with Gasteiger partial charge in [-0.05, 0) is 47.3 Å². The fourth-order valence-corrected chi connectivity index (χ4v) is 4.57. The predicted molar refractivity (Wildman–Crippen MR) is 89.3 cm³/mol. The number of hydrogen-bond acceptors (Lipinski definition) is 4. The van der Waals surface area contributed by atoms with Gasteiger partial charge in [-0.3, -0.25) is 0 Å². The number of rotatable bonds is 2. The van der Waals surface area contributed by atoms with Crippen molar-refractivity contribution in [1.29, 1.82) is 0 Å². The van der Waals surface area contributed by atoms with Crippen LogP contribution < -0.4 is 10.6 Å². The molecule has 2 aromatic rings. The zero-order valence-corrected chi connectivity index (χ0v) is 13.4. The lowest BCUT2D eigenvalue weighted by Gasteiger charge is -2.25. The van der Waals surface area contributed by atoms with Crippen molar-refractivity contribution in [3.05, 3.63) is 44.8 Å². The first-order chi connectivity index (χ1) is 9.75. The molecule has 2 fully saturated rings. The number of nitrogens with one attached hydrogen (secondary N) is 2. The Kier molecular flexibility index (Phi) is 2.92. The normalized spacial score (nSPS) is 24.8. The molecular formula is C12H10N4S4. The summed E-state index contributed by atoms with van der Waals surface area (Å²) in [6.45, 7) is 0. The number of nitrogens with zero attached hydrogens (tertiary/aromatic N) is 2. The first kappa shape index (κ1) is 12.5. The topological polar surface area (TPSA) is 30.5 Å². The average Bonchev–Trinajstić information content (AvgIpc) is 3.17. The Labute approximate surface area is 135 Å². The highest BCUT2D eigenvalue weighted by atomic mass is 32.1. The van der Waals surface area contributed by atoms with Crippen LogP contribution in [0.15, 0.2) is 35.0 Å². The summed E-state index contributed by atoms with van der Waals surface area (Å²) in [4.78, 5) is 2.40. The summed E-state index contributed by atoms with van der Waals surface area (Å²) in [7, 11) is 0. The second-order valence-corrected chi connectivity index (χ2v) is 7.16. The van der Waals surface area contributed by atoms with Crippen LogP contribution >= 0.6 is 47.1 Å². The second-order valence-electron chi connectivity index (χ2n) is 4.42. The SMILES string of the molecule is S=C1N[C@@H](c2cccs2)N2C(=S)N[C@@H](c3cccs3)N12. The maximum absolute atomic E-state index is 5.49. The van der Waals surface area contributed by atoms with Gasteiger partial charge in [0.2, 0.25) is 0 Å². The first-order valence-electron chi connectivity index (χ1n) is 6.02. The minimum Gasteiger partial charge on any atom is -0.335 e. The summed E-state index contributed by atoms with van der Waals surface area (Å²) in [6, 6.07) is 8.26. The van der Waals surface area contributed by atoms with Crippen molar-refractivity contribution in [2.75, 3.05) is 0 Å². The van der Waals surface area contributed by atoms with Crippen LogP contribution in [0.1, 0.15) is 22.1 Å². The van der Waals surface area contributed by atoms with Gasteiger partial charge in [-0.1, -0.05) is 12.1 Å². The quantitative estimate of drug-likeness (QED) is 0.819. The van der Waals surface area contributed by atoms with Gasteiger partial charge in [0, 0.05) is 9.75 Å². The van der Waals surface area contributed by atoms with Gasteiger partial charge < -0.3 is 10.6 Å². The molecule has 102 valence electrons. The molecule has 0 amide bonds. The van der Waals surface area contributed by atoms with Crippen molar-refractivity contribution >= 4 is 57.3 Å². The molecular weight excluding hydrogens is 328 g/mol. The molecule has 2 saturated heterocycles. The summed E-state index contributed by atoms with van der Waals surface area (Å²) in [6.07, 6.45) is -0.0140. The van der Waals surface area contributed by atoms with Gasteiger partial charge in [0.15, 0.2) is 22.6 Å². The molecule has 0 aliphatic carbocycles. The number of hydrazine groups is 1. The third-order valence-electron chi connectivity index (χ3n) is 3.28. The summed E-state index contributed by atoms with van der Waals surface area (Å²) >= 11 is 14.4. The van der Waals surface area contributed by atoms with Crippen molar-refractivity contribution in [2.24, 2.45) is 0 Å². The Hall–Kier alpha value is -1.22. The fraction of sp³-hybridized carbons (Fsp3) is 0.167. The maximum atomic E-state index is 5.49. The van der Waals surface area contributed by atoms with Crippen molar-refractivity contribution in [1.82, 2.24) is 20.7 Å². The van der Waals surface area contributed by atoms with E-state index in [9.17, 15) is 0 Å². The van der Waals surface area contributed by atoms with Crippen LogP contribution in [0.4, 0.5) is 0 Å². The molecule has 2 atom stereocenters. The van der Waals surface area contributed by atoms with Gasteiger partial charge >= 0.3 is 0 Å². The van der Waals surface area contributed by atoms with Crippen molar-refractivity contribution in [3.8, 4) is 0 Å². The van der Waals surface area contributed by atoms with Crippen LogP contribution in [0.2, 0.25) is 0 Å². The van der Waals surface area contributed by atoms with E-state index in [2.05, 4.69) is 33.5 Å². The molecule has 0 bridgehead atoms. The molecule has 4 rings (SSSR count). The fourth-order valence-electron chi connectivity index (χ4n) is 2.44. The summed E-state index contributed by atoms with van der Waals surface area (Å²) in [5, 5.41) is 16.3. The van der Waals surface area contributed by atoms with E-state index in [0.29, 0.717) is 10.2 Å². The smallest absolute Gasteiger partial charge is 0.192 e. The summed E-state index contributed by atoms with van der Waals surface area (Å²) < 4.78 is 0. The Morgan fingerprint density at radius 2 is 1.30 bits per heavy atom. The lowest BCUT2D eigenvalue weighted by atomic mass is 10.4. The van der Waals surface area contributed by atoms with Crippen LogP contribution in [0.25, 0.3) is 0 Å². The molecule has 4 heterocycles. The van der Waals surface area contributed by atoms with Gasteiger partial charge in [-0.25, -0.2) is 10.0 Å². The third-order valence-corrected chi connectivity index (χ3v) is 5.74. The lowest BCUT2D eigenvalue weighted by Crippen LogP contribution is -2.35. The highest BCUT2D eigenvalue weighted by molar-refractivity contribution is 7.80. The van der Waals surface area contributed by atoms with E-state index in [-0.39, 0.29) is 12.3 Å². The van der Waals surface area contributed by atoms with Gasteiger partial charge in [0.1, 0.15) is 0 Å². The lowest BCUT2D eigenvalue weighted by molar-refractivity contribution is 0.117. The Balaban J connectivity index is 1.73. The monoisotopic (exact) mass is 338 g/mol. The van der Waals surface area contributed by atoms with Crippen LogP contribution in [0.5, 0.6) is 0 Å². The van der Waals surface area contributed by atoms with Crippen LogP contribution in [0, 0.1) is 0 Å². The third kappa shape index (κ3) is 1.76. The molecule has 0 saturated carbocycles. The predicted octanol–water partition coefficient (Wildman–Crippen LogP) is 2.80. The Morgan fingerprint density at radius 3 is 1.65 bits per heavy atom. The minimum atomic E-state index is -0.00698. The molecule has 8 heteroatoms. The molecule has 0 spiro atoms. The molecule has 2 aromatic heterocycles. The van der Waals surface area contributed by atoms with Crippen molar-refractivity contribution < 1.29 is 0 Å². The maximum Gasteiger partial charge on any atom is 0.192 e. The van der Waals surface area contributed by atoms with E-state index in [0.717, 1.165) is 0 Å². The highest BCUT2D eigenvalue weighted by Crippen LogP contribution is 2.38. The largest absolute Gasteiger partial charge is 0.335 e. The first-order valence-corrected chi connectivity index (χ1v) is 8.59. The summed E-state index contributed by atoms with van der Waals surface area (Å²) in [5.74, 6) is 0. The molecule has 20 heavy (non-hydrogen) atoms. The molecule has 0 unspecified atom stereocenters. The Morgan fingerprint density at radius 1 is 0.850 bits per heavy atom. The zero-order chi connectivity index (χ0) is 13.7. The van der Waals surface area contributed by atoms with Crippen molar-refractivity contribution in [2.45, 2.75) is 12.3 Å². The number of thiocarbonyl (C=S) groups is 2. The van der Waals surface area contributed by atoms with Crippen LogP contribution in [0.3, 0.4) is 0 Å². The molecule has 2 aliphatic heterocycles. The van der Waals surface area contributed by atoms with E-state index < -0.39 is 0 Å². The van der Waals surface area contributed by atoms with Crippen LogP contribution in [-0.2, 0) is 0 Å². The molecule has 4 nitrogen and oxygen atoms in total. The standard InChI is InChI=1S/C12H10N4S4/c17-11-13-9(7-3-1-5-19-7)15-12(18)14-10(16(11)15)8-4-2-6-20-8/h1-6,9-10H,(H,13,17)(H,14,18)/t9-,10-/m1/s1. The number of hydrogen-bond donors (Lipinski definition) is 2. The second kappa shape index (κ2) is 4.66. The van der Waals surface area contributed by atoms with E-state index in [4.69, 9.17) is 24.4 Å². The molecule has 0 aromatic carbocycles. The number of fused-ring (bicyclic) bond motifs is 1. The molecule has 2 aliphatic rings. The zero-order valence-electron chi connectivity index (χ0n) is 10.1. The Bertz CT molecular complexity index is 593. The van der Waals surface area contributed by atoms with Crippen LogP contribution in [-0.4, -0.2) is 20.2 Å². The minimum absolute atomic E-state index is 0.00698. The van der Waals surface area contributed by atoms with Gasteiger partial charge in [0.25, 0.3) is 0 Å². The highest BCUT2D eigenvalue weighted by Gasteiger charge is 2.47. The van der Waals surface area contributed by atoms with E-state index >= 15 is 0 Å². The van der Waals surface area contributed by atoms with Crippen molar-refractivity contribution in [3.63, 3.8) is 0 Å². The summed E-state index contributed by atoms with van der Waals surface area (Å²) in [5.41, 5.74) is 0. The van der Waals surface area contributed by atoms with E-state index in [1.165, 1.54) is 9.75 Å².